The van der Waals surface area contributed by atoms with Gasteiger partial charge in [0.1, 0.15) is 6.42 Å². The third-order valence-electron chi connectivity index (χ3n) is 2.59. The second-order valence-electron chi connectivity index (χ2n) is 3.55. The number of carbonyl (C=O) groups is 1. The van der Waals surface area contributed by atoms with Crippen LogP contribution in [0.2, 0.25) is 0 Å². The number of hydrogen-bond donors (Lipinski definition) is 1. The maximum Gasteiger partial charge on any atom is 0.236 e. The van der Waals surface area contributed by atoms with Crippen LogP contribution in [0.4, 0.5) is 0 Å². The number of nitrogens with zero attached hydrogens (tertiary/aromatic N) is 2. The molecule has 0 aromatic carbocycles. The molecule has 1 aliphatic rings. The van der Waals surface area contributed by atoms with Gasteiger partial charge in [0, 0.05) is 25.6 Å². The molecule has 0 aromatic heterocycles. The highest BCUT2D eigenvalue weighted by molar-refractivity contribution is 5.78. The van der Waals surface area contributed by atoms with Crippen molar-refractivity contribution >= 4 is 5.91 Å². The van der Waals surface area contributed by atoms with Crippen molar-refractivity contribution in [3.8, 4) is 6.07 Å². The molecule has 0 bridgehead atoms. The maximum atomic E-state index is 11.3. The van der Waals surface area contributed by atoms with Gasteiger partial charge in [-0.1, -0.05) is 6.92 Å². The van der Waals surface area contributed by atoms with Crippen molar-refractivity contribution in [1.82, 2.24) is 4.90 Å². The van der Waals surface area contributed by atoms with Gasteiger partial charge < -0.3 is 10.0 Å². The highest BCUT2D eigenvalue weighted by Crippen LogP contribution is 2.22. The number of hydrogen-bond acceptors (Lipinski definition) is 3. The number of likely N-dealkylation sites (tertiary alicyclic amines) is 1. The fourth-order valence-corrected chi connectivity index (χ4v) is 1.66. The summed E-state index contributed by atoms with van der Waals surface area (Å²) in [6.45, 7) is 3.40. The van der Waals surface area contributed by atoms with Crippen LogP contribution in [-0.4, -0.2) is 35.6 Å². The second-order valence-corrected chi connectivity index (χ2v) is 3.55. The molecule has 1 saturated heterocycles. The molecule has 4 nitrogen and oxygen atoms in total. The van der Waals surface area contributed by atoms with Crippen molar-refractivity contribution in [1.29, 1.82) is 5.26 Å². The molecule has 1 heterocycles. The Labute approximate surface area is 77.8 Å². The van der Waals surface area contributed by atoms with E-state index in [9.17, 15) is 4.79 Å². The molecule has 1 fully saturated rings. The second kappa shape index (κ2) is 4.24. The van der Waals surface area contributed by atoms with Gasteiger partial charge in [-0.2, -0.15) is 5.26 Å². The molecule has 4 heteroatoms. The first-order valence-electron chi connectivity index (χ1n) is 4.44. The van der Waals surface area contributed by atoms with Gasteiger partial charge in [0.2, 0.25) is 5.91 Å². The number of rotatable bonds is 2. The molecule has 13 heavy (non-hydrogen) atoms. The number of nitriles is 1. The van der Waals surface area contributed by atoms with Crippen LogP contribution in [0, 0.1) is 23.2 Å². The minimum atomic E-state index is -0.120. The molecule has 0 unspecified atom stereocenters. The Morgan fingerprint density at radius 3 is 2.85 bits per heavy atom. The van der Waals surface area contributed by atoms with E-state index in [1.165, 1.54) is 0 Å². The van der Waals surface area contributed by atoms with E-state index in [-0.39, 0.29) is 24.9 Å². The van der Waals surface area contributed by atoms with Crippen LogP contribution < -0.4 is 0 Å². The van der Waals surface area contributed by atoms with Crippen LogP contribution >= 0.6 is 0 Å². The topological polar surface area (TPSA) is 64.3 Å². The highest BCUT2D eigenvalue weighted by Gasteiger charge is 2.31. The average molecular weight is 182 g/mol. The first-order valence-corrected chi connectivity index (χ1v) is 4.44. The van der Waals surface area contributed by atoms with Crippen molar-refractivity contribution in [2.75, 3.05) is 19.7 Å². The SMILES string of the molecule is C[C@@H]1CN(C(=O)CC#N)C[C@H]1CO. The Bertz CT molecular complexity index is 234. The standard InChI is InChI=1S/C9H14N2O2/c1-7-4-11(5-8(7)6-12)9(13)2-3-10/h7-8,12H,2,4-6H2,1H3/t7-,8+/m1/s1. The zero-order valence-electron chi connectivity index (χ0n) is 7.73. The summed E-state index contributed by atoms with van der Waals surface area (Å²) in [6.07, 6.45) is -0.0507. The largest absolute Gasteiger partial charge is 0.396 e. The van der Waals surface area contributed by atoms with E-state index in [4.69, 9.17) is 10.4 Å². The van der Waals surface area contributed by atoms with Gasteiger partial charge in [0.15, 0.2) is 0 Å². The van der Waals surface area contributed by atoms with Crippen LogP contribution in [0.3, 0.4) is 0 Å². The first-order chi connectivity index (χ1) is 6.19. The zero-order chi connectivity index (χ0) is 9.84. The average Bonchev–Trinajstić information content (AvgIpc) is 2.47. The molecule has 1 amide bonds. The van der Waals surface area contributed by atoms with Crippen molar-refractivity contribution in [2.24, 2.45) is 11.8 Å². The predicted molar refractivity (Wildman–Crippen MR) is 46.5 cm³/mol. The Balaban J connectivity index is 2.49. The molecule has 2 atom stereocenters. The summed E-state index contributed by atoms with van der Waals surface area (Å²) in [5, 5.41) is 17.3. The lowest BCUT2D eigenvalue weighted by atomic mass is 10.00. The van der Waals surface area contributed by atoms with Crippen LogP contribution in [-0.2, 0) is 4.79 Å². The van der Waals surface area contributed by atoms with E-state index in [1.54, 1.807) is 4.90 Å². The van der Waals surface area contributed by atoms with Crippen molar-refractivity contribution in [3.63, 3.8) is 0 Å². The van der Waals surface area contributed by atoms with Crippen LogP contribution in [0.1, 0.15) is 13.3 Å². The highest BCUT2D eigenvalue weighted by atomic mass is 16.3. The third kappa shape index (κ3) is 2.19. The molecule has 0 aliphatic carbocycles. The van der Waals surface area contributed by atoms with Gasteiger partial charge >= 0.3 is 0 Å². The molecule has 1 N–H and O–H groups in total. The summed E-state index contributed by atoms with van der Waals surface area (Å²) in [6, 6.07) is 1.84. The predicted octanol–water partition coefficient (Wildman–Crippen LogP) is -0.0131. The van der Waals surface area contributed by atoms with Gasteiger partial charge in [-0.05, 0) is 5.92 Å². The van der Waals surface area contributed by atoms with E-state index in [1.807, 2.05) is 13.0 Å². The molecular weight excluding hydrogens is 168 g/mol. The quantitative estimate of drug-likeness (QED) is 0.653. The number of amides is 1. The summed E-state index contributed by atoms with van der Waals surface area (Å²) in [5.74, 6) is 0.403. The summed E-state index contributed by atoms with van der Waals surface area (Å²) < 4.78 is 0. The summed E-state index contributed by atoms with van der Waals surface area (Å²) >= 11 is 0. The smallest absolute Gasteiger partial charge is 0.236 e. The Hall–Kier alpha value is -1.08. The molecular formula is C9H14N2O2. The lowest BCUT2D eigenvalue weighted by Gasteiger charge is -2.13. The van der Waals surface area contributed by atoms with Gasteiger partial charge in [-0.15, -0.1) is 0 Å². The fourth-order valence-electron chi connectivity index (χ4n) is 1.66. The summed E-state index contributed by atoms with van der Waals surface area (Å²) in [7, 11) is 0. The normalized spacial score (nSPS) is 27.3. The van der Waals surface area contributed by atoms with Crippen molar-refractivity contribution < 1.29 is 9.90 Å². The van der Waals surface area contributed by atoms with Gasteiger partial charge in [-0.25, -0.2) is 0 Å². The van der Waals surface area contributed by atoms with E-state index in [0.29, 0.717) is 19.0 Å². The summed E-state index contributed by atoms with van der Waals surface area (Å²) in [5.41, 5.74) is 0. The minimum Gasteiger partial charge on any atom is -0.396 e. The van der Waals surface area contributed by atoms with E-state index < -0.39 is 0 Å². The Kier molecular flexibility index (Phi) is 3.26. The molecule has 0 saturated carbocycles. The Morgan fingerprint density at radius 1 is 1.69 bits per heavy atom. The maximum absolute atomic E-state index is 11.3. The minimum absolute atomic E-state index is 0.0507. The van der Waals surface area contributed by atoms with Crippen molar-refractivity contribution in [2.45, 2.75) is 13.3 Å². The van der Waals surface area contributed by atoms with Gasteiger partial charge in [0.05, 0.1) is 6.07 Å². The molecule has 0 spiro atoms. The van der Waals surface area contributed by atoms with E-state index in [2.05, 4.69) is 0 Å². The first kappa shape index (κ1) is 10.0. The molecule has 1 rings (SSSR count). The number of carbonyl (C=O) groups excluding carboxylic acids is 1. The van der Waals surface area contributed by atoms with Gasteiger partial charge in [-0.3, -0.25) is 4.79 Å². The van der Waals surface area contributed by atoms with E-state index >= 15 is 0 Å². The van der Waals surface area contributed by atoms with Crippen molar-refractivity contribution in [3.05, 3.63) is 0 Å². The van der Waals surface area contributed by atoms with E-state index in [0.717, 1.165) is 0 Å². The number of aliphatic hydroxyl groups excluding tert-OH is 1. The molecule has 72 valence electrons. The third-order valence-corrected chi connectivity index (χ3v) is 2.59. The number of aliphatic hydroxyl groups is 1. The van der Waals surface area contributed by atoms with Gasteiger partial charge in [0.25, 0.3) is 0 Å². The Morgan fingerprint density at radius 2 is 2.38 bits per heavy atom. The van der Waals surface area contributed by atoms with Crippen LogP contribution in [0.15, 0.2) is 0 Å². The van der Waals surface area contributed by atoms with Crippen LogP contribution in [0.25, 0.3) is 0 Å². The molecule has 1 aliphatic heterocycles. The fraction of sp³-hybridized carbons (Fsp3) is 0.778. The zero-order valence-corrected chi connectivity index (χ0v) is 7.73. The monoisotopic (exact) mass is 182 g/mol. The lowest BCUT2D eigenvalue weighted by molar-refractivity contribution is -0.129. The van der Waals surface area contributed by atoms with Crippen LogP contribution in [0.5, 0.6) is 0 Å². The summed E-state index contributed by atoms with van der Waals surface area (Å²) in [4.78, 5) is 12.9. The lowest BCUT2D eigenvalue weighted by Crippen LogP contribution is -2.28. The molecule has 0 radical (unpaired) electrons. The molecule has 0 aromatic rings.